The Balaban J connectivity index is 1.94. The molecule has 0 nitrogen and oxygen atoms in total. The maximum Gasteiger partial charge on any atom is 0.0345 e. The molecule has 3 aliphatic carbocycles. The Morgan fingerprint density at radius 1 is 1.25 bits per heavy atom. The minimum absolute atomic E-state index is 0.529. The number of rotatable bonds is 0. The predicted octanol–water partition coefficient (Wildman–Crippen LogP) is 2.98. The minimum atomic E-state index is 0.529. The lowest BCUT2D eigenvalue weighted by Crippen LogP contribution is -2.27. The molecule has 3 aliphatic rings. The number of fused-ring (bicyclic) bond motifs is 3. The zero-order valence-electron chi connectivity index (χ0n) is 7.60. The van der Waals surface area contributed by atoms with Gasteiger partial charge in [-0.1, -0.05) is 12.3 Å². The van der Waals surface area contributed by atoms with Crippen LogP contribution in [0.3, 0.4) is 0 Å². The summed E-state index contributed by atoms with van der Waals surface area (Å²) in [5, 5.41) is 0. The first kappa shape index (κ1) is 7.01. The Hall–Kier alpha value is -0.440. The first-order chi connectivity index (χ1) is 5.89. The topological polar surface area (TPSA) is 0 Å². The second-order valence-electron chi connectivity index (χ2n) is 4.89. The summed E-state index contributed by atoms with van der Waals surface area (Å²) in [7, 11) is 0. The molecule has 0 amide bonds. The molecular weight excluding hydrogens is 144 g/mol. The molecule has 0 saturated heterocycles. The van der Waals surface area contributed by atoms with E-state index < -0.39 is 0 Å². The van der Waals surface area contributed by atoms with Gasteiger partial charge in [0, 0.05) is 11.8 Å². The van der Waals surface area contributed by atoms with Crippen LogP contribution in [0.4, 0.5) is 0 Å². The van der Waals surface area contributed by atoms with E-state index in [1.54, 1.807) is 0 Å². The Bertz CT molecular complexity index is 255. The van der Waals surface area contributed by atoms with Crippen molar-refractivity contribution in [3.63, 3.8) is 0 Å². The fourth-order valence-corrected chi connectivity index (χ4v) is 3.70. The molecule has 64 valence electrons. The molecule has 2 bridgehead atoms. The van der Waals surface area contributed by atoms with Crippen LogP contribution in [-0.4, -0.2) is 0 Å². The highest BCUT2D eigenvalue weighted by molar-refractivity contribution is 5.21. The molecule has 0 radical (unpaired) electrons. The monoisotopic (exact) mass is 160 g/mol. The van der Waals surface area contributed by atoms with E-state index in [4.69, 9.17) is 0 Å². The summed E-state index contributed by atoms with van der Waals surface area (Å²) < 4.78 is 0. The Labute approximate surface area is 74.7 Å². The van der Waals surface area contributed by atoms with E-state index in [0.717, 1.165) is 11.8 Å². The van der Waals surface area contributed by atoms with Gasteiger partial charge in [-0.05, 0) is 43.9 Å². The van der Waals surface area contributed by atoms with Crippen molar-refractivity contribution in [1.29, 1.82) is 0 Å². The van der Waals surface area contributed by atoms with Crippen LogP contribution in [0.5, 0.6) is 0 Å². The van der Waals surface area contributed by atoms with Crippen LogP contribution in [0.15, 0.2) is 0 Å². The lowest BCUT2D eigenvalue weighted by atomic mass is 9.69. The summed E-state index contributed by atoms with van der Waals surface area (Å²) in [5.41, 5.74) is 0.529. The standard InChI is InChI=1S/C12H16/c1-2-6-12(7-3-1)9-10-4-5-11(12)8-10/h10-11H,1-2,4-6,8-9H2. The van der Waals surface area contributed by atoms with Crippen molar-refractivity contribution in [2.24, 2.45) is 17.3 Å². The molecule has 0 aromatic carbocycles. The van der Waals surface area contributed by atoms with Crippen LogP contribution in [-0.2, 0) is 0 Å². The van der Waals surface area contributed by atoms with Crippen LogP contribution in [0.2, 0.25) is 0 Å². The van der Waals surface area contributed by atoms with Gasteiger partial charge in [0.15, 0.2) is 0 Å². The maximum atomic E-state index is 3.58. The third-order valence-corrected chi connectivity index (χ3v) is 4.24. The van der Waals surface area contributed by atoms with Crippen LogP contribution >= 0.6 is 0 Å². The zero-order chi connectivity index (χ0) is 8.02. The largest absolute Gasteiger partial charge is 0.103 e. The molecule has 2 saturated carbocycles. The minimum Gasteiger partial charge on any atom is -0.103 e. The first-order valence-corrected chi connectivity index (χ1v) is 5.39. The quantitative estimate of drug-likeness (QED) is 0.478. The fourth-order valence-electron chi connectivity index (χ4n) is 3.70. The first-order valence-electron chi connectivity index (χ1n) is 5.39. The van der Waals surface area contributed by atoms with Crippen molar-refractivity contribution in [1.82, 2.24) is 0 Å². The second-order valence-corrected chi connectivity index (χ2v) is 4.89. The summed E-state index contributed by atoms with van der Waals surface area (Å²) in [6, 6.07) is 0. The Morgan fingerprint density at radius 2 is 2.25 bits per heavy atom. The van der Waals surface area contributed by atoms with E-state index >= 15 is 0 Å². The molecule has 0 aliphatic heterocycles. The lowest BCUT2D eigenvalue weighted by Gasteiger charge is -2.34. The zero-order valence-corrected chi connectivity index (χ0v) is 7.60. The van der Waals surface area contributed by atoms with E-state index in [-0.39, 0.29) is 0 Å². The molecule has 0 heterocycles. The number of hydrogen-bond donors (Lipinski definition) is 0. The van der Waals surface area contributed by atoms with Gasteiger partial charge in [0.05, 0.1) is 0 Å². The van der Waals surface area contributed by atoms with E-state index in [9.17, 15) is 0 Å². The number of hydrogen-bond acceptors (Lipinski definition) is 0. The molecule has 0 heteroatoms. The average Bonchev–Trinajstić information content (AvgIpc) is 2.65. The summed E-state index contributed by atoms with van der Waals surface area (Å²) in [6.45, 7) is 0. The van der Waals surface area contributed by atoms with E-state index in [1.165, 1.54) is 44.9 Å². The van der Waals surface area contributed by atoms with Crippen molar-refractivity contribution < 1.29 is 0 Å². The van der Waals surface area contributed by atoms with E-state index in [2.05, 4.69) is 11.8 Å². The van der Waals surface area contributed by atoms with Gasteiger partial charge in [0.25, 0.3) is 0 Å². The van der Waals surface area contributed by atoms with Crippen LogP contribution in [0, 0.1) is 29.1 Å². The van der Waals surface area contributed by atoms with Crippen molar-refractivity contribution in [3.05, 3.63) is 0 Å². The molecule has 1 spiro atoms. The molecule has 3 unspecified atom stereocenters. The van der Waals surface area contributed by atoms with Crippen LogP contribution in [0.1, 0.15) is 44.9 Å². The molecule has 0 aromatic rings. The van der Waals surface area contributed by atoms with Gasteiger partial charge in [0.2, 0.25) is 0 Å². The van der Waals surface area contributed by atoms with Gasteiger partial charge in [0.1, 0.15) is 0 Å². The maximum absolute atomic E-state index is 3.58. The summed E-state index contributed by atoms with van der Waals surface area (Å²) in [4.78, 5) is 0. The molecule has 12 heavy (non-hydrogen) atoms. The average molecular weight is 160 g/mol. The van der Waals surface area contributed by atoms with Crippen LogP contribution in [0.25, 0.3) is 0 Å². The summed E-state index contributed by atoms with van der Waals surface area (Å²) >= 11 is 0. The Kier molecular flexibility index (Phi) is 1.33. The van der Waals surface area contributed by atoms with E-state index in [1.807, 2.05) is 0 Å². The van der Waals surface area contributed by atoms with Gasteiger partial charge >= 0.3 is 0 Å². The lowest BCUT2D eigenvalue weighted by molar-refractivity contribution is 0.218. The molecule has 2 fully saturated rings. The highest BCUT2D eigenvalue weighted by Gasteiger charge is 2.49. The van der Waals surface area contributed by atoms with Crippen molar-refractivity contribution in [2.45, 2.75) is 44.9 Å². The third kappa shape index (κ3) is 0.802. The van der Waals surface area contributed by atoms with Crippen molar-refractivity contribution in [3.8, 4) is 11.8 Å². The fraction of sp³-hybridized carbons (Fsp3) is 0.833. The summed E-state index contributed by atoms with van der Waals surface area (Å²) in [5.74, 6) is 8.98. The van der Waals surface area contributed by atoms with E-state index in [0.29, 0.717) is 5.41 Å². The van der Waals surface area contributed by atoms with Gasteiger partial charge < -0.3 is 0 Å². The normalized spacial score (nSPS) is 49.3. The second kappa shape index (κ2) is 2.28. The van der Waals surface area contributed by atoms with Gasteiger partial charge in [-0.2, -0.15) is 0 Å². The van der Waals surface area contributed by atoms with Gasteiger partial charge in [-0.25, -0.2) is 0 Å². The highest BCUT2D eigenvalue weighted by atomic mass is 14.5. The van der Waals surface area contributed by atoms with Crippen LogP contribution < -0.4 is 0 Å². The molecule has 0 N–H and O–H groups in total. The molecule has 3 atom stereocenters. The molecular formula is C12H16. The predicted molar refractivity (Wildman–Crippen MR) is 49.5 cm³/mol. The van der Waals surface area contributed by atoms with Gasteiger partial charge in [-0.3, -0.25) is 0 Å². The van der Waals surface area contributed by atoms with Crippen molar-refractivity contribution >= 4 is 0 Å². The molecule has 3 rings (SSSR count). The third-order valence-electron chi connectivity index (χ3n) is 4.24. The Morgan fingerprint density at radius 3 is 2.83 bits per heavy atom. The SMILES string of the molecule is C1#CC2(CCC1)CC1CCC2C1. The smallest absolute Gasteiger partial charge is 0.0345 e. The highest BCUT2D eigenvalue weighted by Crippen LogP contribution is 2.58. The van der Waals surface area contributed by atoms with Gasteiger partial charge in [-0.15, -0.1) is 5.92 Å². The summed E-state index contributed by atoms with van der Waals surface area (Å²) in [6.07, 6.45) is 9.91. The molecule has 0 aromatic heterocycles. The van der Waals surface area contributed by atoms with Crippen molar-refractivity contribution in [2.75, 3.05) is 0 Å².